The lowest BCUT2D eigenvalue weighted by Gasteiger charge is -2.21. The van der Waals surface area contributed by atoms with Crippen molar-refractivity contribution >= 4 is 19.9 Å². The van der Waals surface area contributed by atoms with E-state index in [0.29, 0.717) is 11.4 Å². The highest BCUT2D eigenvalue weighted by Gasteiger charge is 2.18. The largest absolute Gasteiger partial charge is 0.544 e. The number of hydrogen-bond donors (Lipinski definition) is 0. The molecule has 0 N–H and O–H groups in total. The molecule has 0 unspecified atom stereocenters. The minimum Gasteiger partial charge on any atom is -0.544 e. The van der Waals surface area contributed by atoms with E-state index in [2.05, 4.69) is 25.7 Å². The van der Waals surface area contributed by atoms with Crippen molar-refractivity contribution in [2.75, 3.05) is 0 Å². The topological polar surface area (TPSA) is 33.0 Å². The molecule has 1 aromatic rings. The molecule has 0 fully saturated rings. The average molecular weight is 240 g/mol. The molecule has 15 heavy (non-hydrogen) atoms. The first-order valence-electron chi connectivity index (χ1n) is 4.77. The molecule has 0 saturated carbocycles. The van der Waals surface area contributed by atoms with Gasteiger partial charge in [0.25, 0.3) is 0 Å². The van der Waals surface area contributed by atoms with E-state index in [-0.39, 0.29) is 0 Å². The minimum atomic E-state index is -1.65. The number of nitriles is 1. The van der Waals surface area contributed by atoms with Crippen LogP contribution in [0, 0.1) is 11.3 Å². The fourth-order valence-electron chi connectivity index (χ4n) is 1.18. The van der Waals surface area contributed by atoms with Crippen LogP contribution in [-0.2, 0) is 6.42 Å². The Morgan fingerprint density at radius 2 is 2.07 bits per heavy atom. The third-order valence-electron chi connectivity index (χ3n) is 1.71. The predicted molar refractivity (Wildman–Crippen MR) is 64.7 cm³/mol. The molecule has 0 heterocycles. The van der Waals surface area contributed by atoms with Crippen LogP contribution in [-0.4, -0.2) is 8.32 Å². The van der Waals surface area contributed by atoms with Crippen molar-refractivity contribution in [2.45, 2.75) is 26.1 Å². The third kappa shape index (κ3) is 3.94. The molecule has 0 spiro atoms. The number of hydrogen-bond acceptors (Lipinski definition) is 2. The van der Waals surface area contributed by atoms with E-state index in [1.807, 2.05) is 6.07 Å². The van der Waals surface area contributed by atoms with Gasteiger partial charge < -0.3 is 4.43 Å². The van der Waals surface area contributed by atoms with E-state index in [0.717, 1.165) is 11.3 Å². The van der Waals surface area contributed by atoms with Crippen molar-refractivity contribution in [1.82, 2.24) is 0 Å². The summed E-state index contributed by atoms with van der Waals surface area (Å²) in [5.74, 6) is 0.753. The lowest BCUT2D eigenvalue weighted by molar-refractivity contribution is 0.551. The first-order valence-corrected chi connectivity index (χ1v) is 8.55. The third-order valence-corrected chi connectivity index (χ3v) is 2.78. The van der Waals surface area contributed by atoms with Crippen LogP contribution in [0.15, 0.2) is 18.2 Å². The second-order valence-corrected chi connectivity index (χ2v) is 9.17. The van der Waals surface area contributed by atoms with Crippen LogP contribution < -0.4 is 4.43 Å². The number of halogens is 1. The van der Waals surface area contributed by atoms with Gasteiger partial charge in [0.2, 0.25) is 8.32 Å². The summed E-state index contributed by atoms with van der Waals surface area (Å²) in [6.07, 6.45) is 0.358. The highest BCUT2D eigenvalue weighted by Crippen LogP contribution is 2.26. The Labute approximate surface area is 96.6 Å². The summed E-state index contributed by atoms with van der Waals surface area (Å²) < 4.78 is 5.87. The van der Waals surface area contributed by atoms with Gasteiger partial charge in [-0.05, 0) is 31.8 Å². The first-order chi connectivity index (χ1) is 6.92. The fourth-order valence-corrected chi connectivity index (χ4v) is 2.20. The maximum Gasteiger partial charge on any atom is 0.242 e. The predicted octanol–water partition coefficient (Wildman–Crippen LogP) is 3.62. The Hall–Kier alpha value is -0.983. The lowest BCUT2D eigenvalue weighted by atomic mass is 10.1. The first kappa shape index (κ1) is 12.1. The zero-order valence-electron chi connectivity index (χ0n) is 9.17. The van der Waals surface area contributed by atoms with Gasteiger partial charge >= 0.3 is 0 Å². The monoisotopic (exact) mass is 239 g/mol. The van der Waals surface area contributed by atoms with Gasteiger partial charge in [-0.25, -0.2) is 0 Å². The number of rotatable bonds is 3. The maximum absolute atomic E-state index is 8.68. The summed E-state index contributed by atoms with van der Waals surface area (Å²) in [6.45, 7) is 6.30. The average Bonchev–Trinajstić information content (AvgIpc) is 2.07. The van der Waals surface area contributed by atoms with Gasteiger partial charge in [-0.15, -0.1) is 0 Å². The molecule has 80 valence electrons. The van der Waals surface area contributed by atoms with E-state index in [1.54, 1.807) is 12.1 Å². The Bertz CT molecular complexity index is 393. The van der Waals surface area contributed by atoms with Crippen molar-refractivity contribution in [3.63, 3.8) is 0 Å². The molecule has 0 aliphatic heterocycles. The second-order valence-electron chi connectivity index (χ2n) is 4.30. The van der Waals surface area contributed by atoms with Gasteiger partial charge in [-0.1, -0.05) is 17.7 Å². The smallest absolute Gasteiger partial charge is 0.242 e. The normalized spacial score (nSPS) is 10.9. The molecule has 1 rings (SSSR count). The molecule has 0 amide bonds. The zero-order chi connectivity index (χ0) is 11.5. The second kappa shape index (κ2) is 4.69. The number of benzene rings is 1. The van der Waals surface area contributed by atoms with Gasteiger partial charge in [-0.3, -0.25) is 0 Å². The SMILES string of the molecule is C[Si](C)(C)Oc1cc(Cl)ccc1CC#N. The van der Waals surface area contributed by atoms with Crippen molar-refractivity contribution in [3.05, 3.63) is 28.8 Å². The van der Waals surface area contributed by atoms with Crippen LogP contribution in [0.25, 0.3) is 0 Å². The summed E-state index contributed by atoms with van der Waals surface area (Å²) in [6, 6.07) is 7.54. The van der Waals surface area contributed by atoms with Crippen LogP contribution in [0.5, 0.6) is 5.75 Å². The molecule has 0 aliphatic rings. The van der Waals surface area contributed by atoms with Crippen molar-refractivity contribution < 1.29 is 4.43 Å². The molecule has 0 aliphatic carbocycles. The van der Waals surface area contributed by atoms with E-state index in [1.165, 1.54) is 0 Å². The maximum atomic E-state index is 8.68. The Balaban J connectivity index is 3.03. The molecule has 1 aromatic carbocycles. The van der Waals surface area contributed by atoms with Crippen molar-refractivity contribution in [3.8, 4) is 11.8 Å². The van der Waals surface area contributed by atoms with E-state index in [4.69, 9.17) is 21.3 Å². The van der Waals surface area contributed by atoms with Crippen LogP contribution in [0.3, 0.4) is 0 Å². The molecular formula is C11H14ClNOSi. The summed E-state index contributed by atoms with van der Waals surface area (Å²) in [5.41, 5.74) is 0.907. The van der Waals surface area contributed by atoms with Crippen LogP contribution in [0.2, 0.25) is 24.7 Å². The van der Waals surface area contributed by atoms with E-state index >= 15 is 0 Å². The van der Waals surface area contributed by atoms with E-state index < -0.39 is 8.32 Å². The van der Waals surface area contributed by atoms with E-state index in [9.17, 15) is 0 Å². The molecule has 0 saturated heterocycles. The molecule has 0 radical (unpaired) electrons. The van der Waals surface area contributed by atoms with Crippen molar-refractivity contribution in [1.29, 1.82) is 5.26 Å². The molecular weight excluding hydrogens is 226 g/mol. The summed E-state index contributed by atoms with van der Waals surface area (Å²) in [7, 11) is -1.65. The minimum absolute atomic E-state index is 0.358. The van der Waals surface area contributed by atoms with Crippen LogP contribution in [0.1, 0.15) is 5.56 Å². The van der Waals surface area contributed by atoms with Crippen molar-refractivity contribution in [2.24, 2.45) is 0 Å². The molecule has 2 nitrogen and oxygen atoms in total. The Morgan fingerprint density at radius 3 is 2.60 bits per heavy atom. The molecule has 0 aromatic heterocycles. The zero-order valence-corrected chi connectivity index (χ0v) is 10.9. The van der Waals surface area contributed by atoms with Gasteiger partial charge in [0.05, 0.1) is 12.5 Å². The Morgan fingerprint density at radius 1 is 1.40 bits per heavy atom. The quantitative estimate of drug-likeness (QED) is 0.755. The standard InChI is InChI=1S/C11H14ClNOSi/c1-15(2,3)14-11-8-10(12)5-4-9(11)6-7-13/h4-5,8H,6H2,1-3H3. The summed E-state index contributed by atoms with van der Waals surface area (Å²) >= 11 is 5.90. The highest BCUT2D eigenvalue weighted by molar-refractivity contribution is 6.70. The molecule has 0 bridgehead atoms. The summed E-state index contributed by atoms with van der Waals surface area (Å²) in [4.78, 5) is 0. The van der Waals surface area contributed by atoms with Gasteiger partial charge in [0.1, 0.15) is 5.75 Å². The van der Waals surface area contributed by atoms with Gasteiger partial charge in [0.15, 0.2) is 0 Å². The fraction of sp³-hybridized carbons (Fsp3) is 0.364. The number of nitrogens with zero attached hydrogens (tertiary/aromatic N) is 1. The lowest BCUT2D eigenvalue weighted by Crippen LogP contribution is -2.29. The van der Waals surface area contributed by atoms with Crippen LogP contribution in [0.4, 0.5) is 0 Å². The van der Waals surface area contributed by atoms with Gasteiger partial charge in [-0.2, -0.15) is 5.26 Å². The molecule has 4 heteroatoms. The molecule has 0 atom stereocenters. The summed E-state index contributed by atoms with van der Waals surface area (Å²) in [5, 5.41) is 9.33. The van der Waals surface area contributed by atoms with Gasteiger partial charge in [0, 0.05) is 10.6 Å². The highest BCUT2D eigenvalue weighted by atomic mass is 35.5. The van der Waals surface area contributed by atoms with Crippen LogP contribution >= 0.6 is 11.6 Å². The Kier molecular flexibility index (Phi) is 3.78.